The van der Waals surface area contributed by atoms with Crippen LogP contribution in [0.1, 0.15) is 22.1 Å². The zero-order valence-corrected chi connectivity index (χ0v) is 14.2. The van der Waals surface area contributed by atoms with E-state index in [1.54, 1.807) is 37.8 Å². The van der Waals surface area contributed by atoms with Gasteiger partial charge in [0.05, 0.1) is 24.7 Å². The van der Waals surface area contributed by atoms with Crippen LogP contribution < -0.4 is 0 Å². The number of hydrogen-bond donors (Lipinski definition) is 0. The highest BCUT2D eigenvalue weighted by Gasteiger charge is 2.23. The van der Waals surface area contributed by atoms with Crippen molar-refractivity contribution in [1.82, 2.24) is 19.4 Å². The number of nitrogens with zero attached hydrogens (tertiary/aromatic N) is 4. The lowest BCUT2D eigenvalue weighted by Crippen LogP contribution is -2.34. The Bertz CT molecular complexity index is 801. The fourth-order valence-electron chi connectivity index (χ4n) is 2.66. The number of hydrogen-bond acceptors (Lipinski definition) is 4. The standard InChI is InChI=1S/C19H20N4O2/c1-22(18(13-25-2)17-5-3-4-10-21-17)19(24)15-6-8-16(9-7-15)23-12-11-20-14-23/h3-12,14,18H,13H2,1-2H3/t18-/m1/s1. The van der Waals surface area contributed by atoms with Gasteiger partial charge in [-0.1, -0.05) is 6.07 Å². The first kappa shape index (κ1) is 16.9. The van der Waals surface area contributed by atoms with E-state index in [-0.39, 0.29) is 11.9 Å². The molecule has 0 spiro atoms. The number of rotatable bonds is 6. The van der Waals surface area contributed by atoms with E-state index in [9.17, 15) is 4.79 Å². The van der Waals surface area contributed by atoms with Crippen LogP contribution in [-0.4, -0.2) is 46.1 Å². The quantitative estimate of drug-likeness (QED) is 0.694. The van der Waals surface area contributed by atoms with Gasteiger partial charge in [-0.2, -0.15) is 0 Å². The van der Waals surface area contributed by atoms with Crippen molar-refractivity contribution >= 4 is 5.91 Å². The van der Waals surface area contributed by atoms with Crippen molar-refractivity contribution < 1.29 is 9.53 Å². The van der Waals surface area contributed by atoms with Gasteiger partial charge in [-0.25, -0.2) is 4.98 Å². The van der Waals surface area contributed by atoms with Crippen LogP contribution in [0.25, 0.3) is 5.69 Å². The van der Waals surface area contributed by atoms with Gasteiger partial charge in [-0.3, -0.25) is 9.78 Å². The van der Waals surface area contributed by atoms with Crippen molar-refractivity contribution in [1.29, 1.82) is 0 Å². The number of benzene rings is 1. The number of ether oxygens (including phenoxy) is 1. The molecule has 0 aliphatic carbocycles. The van der Waals surface area contributed by atoms with E-state index in [1.807, 2.05) is 53.2 Å². The minimum atomic E-state index is -0.243. The SMILES string of the molecule is COC[C@H](c1ccccn1)N(C)C(=O)c1ccc(-n2ccnc2)cc1. The zero-order valence-electron chi connectivity index (χ0n) is 14.2. The molecule has 3 rings (SSSR count). The Morgan fingerprint density at radius 3 is 2.60 bits per heavy atom. The highest BCUT2D eigenvalue weighted by Crippen LogP contribution is 2.20. The minimum Gasteiger partial charge on any atom is -0.382 e. The molecule has 0 bridgehead atoms. The van der Waals surface area contributed by atoms with Gasteiger partial charge in [0.1, 0.15) is 0 Å². The number of amides is 1. The third-order valence-electron chi connectivity index (χ3n) is 4.06. The van der Waals surface area contributed by atoms with Gasteiger partial charge in [0.25, 0.3) is 5.91 Å². The Labute approximate surface area is 146 Å². The molecule has 0 saturated carbocycles. The number of carbonyl (C=O) groups excluding carboxylic acids is 1. The minimum absolute atomic E-state index is 0.0788. The summed E-state index contributed by atoms with van der Waals surface area (Å²) in [4.78, 5) is 22.9. The lowest BCUT2D eigenvalue weighted by atomic mass is 10.1. The fraction of sp³-hybridized carbons (Fsp3) is 0.211. The Morgan fingerprint density at radius 2 is 2.00 bits per heavy atom. The van der Waals surface area contributed by atoms with Crippen LogP contribution in [0, 0.1) is 0 Å². The van der Waals surface area contributed by atoms with Crippen LogP contribution in [0.15, 0.2) is 67.4 Å². The lowest BCUT2D eigenvalue weighted by molar-refractivity contribution is 0.0595. The summed E-state index contributed by atoms with van der Waals surface area (Å²) in [6.45, 7) is 0.381. The Kier molecular flexibility index (Phi) is 5.20. The van der Waals surface area contributed by atoms with Crippen molar-refractivity contribution in [2.24, 2.45) is 0 Å². The van der Waals surface area contributed by atoms with Crippen molar-refractivity contribution in [2.45, 2.75) is 6.04 Å². The predicted octanol–water partition coefficient (Wildman–Crippen LogP) is 2.73. The Morgan fingerprint density at radius 1 is 1.20 bits per heavy atom. The highest BCUT2D eigenvalue weighted by atomic mass is 16.5. The lowest BCUT2D eigenvalue weighted by Gasteiger charge is -2.27. The molecule has 1 amide bonds. The van der Waals surface area contributed by atoms with Gasteiger partial charge in [0.2, 0.25) is 0 Å². The molecule has 0 aliphatic heterocycles. The number of imidazole rings is 1. The van der Waals surface area contributed by atoms with Crippen molar-refractivity contribution in [3.8, 4) is 5.69 Å². The van der Waals surface area contributed by atoms with Gasteiger partial charge >= 0.3 is 0 Å². The molecule has 25 heavy (non-hydrogen) atoms. The van der Waals surface area contributed by atoms with Crippen LogP contribution in [0.2, 0.25) is 0 Å². The summed E-state index contributed by atoms with van der Waals surface area (Å²) in [6, 6.07) is 12.8. The number of pyridine rings is 1. The summed E-state index contributed by atoms with van der Waals surface area (Å²) in [5.74, 6) is -0.0788. The molecule has 0 saturated heterocycles. The Hall–Kier alpha value is -2.99. The topological polar surface area (TPSA) is 60.2 Å². The summed E-state index contributed by atoms with van der Waals surface area (Å²) in [5, 5.41) is 0. The summed E-state index contributed by atoms with van der Waals surface area (Å²) in [7, 11) is 3.39. The molecular formula is C19H20N4O2. The van der Waals surface area contributed by atoms with Crippen LogP contribution >= 0.6 is 0 Å². The average molecular weight is 336 g/mol. The van der Waals surface area contributed by atoms with Gasteiger partial charge in [0.15, 0.2) is 0 Å². The molecule has 2 heterocycles. The summed E-state index contributed by atoms with van der Waals surface area (Å²) in [5.41, 5.74) is 2.37. The number of carbonyl (C=O) groups is 1. The number of likely N-dealkylation sites (N-methyl/N-ethyl adjacent to an activating group) is 1. The summed E-state index contributed by atoms with van der Waals surface area (Å²) in [6.07, 6.45) is 7.02. The molecule has 1 atom stereocenters. The predicted molar refractivity (Wildman–Crippen MR) is 94.5 cm³/mol. The molecule has 128 valence electrons. The van der Waals surface area contributed by atoms with E-state index in [0.29, 0.717) is 12.2 Å². The van der Waals surface area contributed by atoms with E-state index in [1.165, 1.54) is 0 Å². The molecular weight excluding hydrogens is 316 g/mol. The fourth-order valence-corrected chi connectivity index (χ4v) is 2.66. The highest BCUT2D eigenvalue weighted by molar-refractivity contribution is 5.94. The summed E-state index contributed by atoms with van der Waals surface area (Å²) < 4.78 is 7.18. The largest absolute Gasteiger partial charge is 0.382 e. The third kappa shape index (κ3) is 3.75. The second-order valence-corrected chi connectivity index (χ2v) is 5.66. The van der Waals surface area contributed by atoms with E-state index in [2.05, 4.69) is 9.97 Å². The molecule has 1 aromatic carbocycles. The first-order valence-corrected chi connectivity index (χ1v) is 7.96. The molecule has 0 aliphatic rings. The molecule has 0 fully saturated rings. The number of aromatic nitrogens is 3. The van der Waals surface area contributed by atoms with Crippen LogP contribution in [0.5, 0.6) is 0 Å². The van der Waals surface area contributed by atoms with E-state index >= 15 is 0 Å². The van der Waals surface area contributed by atoms with E-state index in [4.69, 9.17) is 4.74 Å². The van der Waals surface area contributed by atoms with Gasteiger partial charge in [-0.05, 0) is 36.4 Å². The summed E-state index contributed by atoms with van der Waals surface area (Å²) >= 11 is 0. The van der Waals surface area contributed by atoms with Crippen LogP contribution in [0.3, 0.4) is 0 Å². The van der Waals surface area contributed by atoms with Crippen molar-refractivity contribution in [3.05, 3.63) is 78.6 Å². The molecule has 6 heteroatoms. The Balaban J connectivity index is 1.80. The first-order valence-electron chi connectivity index (χ1n) is 7.96. The smallest absolute Gasteiger partial charge is 0.254 e. The molecule has 3 aromatic rings. The second-order valence-electron chi connectivity index (χ2n) is 5.66. The zero-order chi connectivity index (χ0) is 17.6. The van der Waals surface area contributed by atoms with Crippen molar-refractivity contribution in [3.63, 3.8) is 0 Å². The van der Waals surface area contributed by atoms with Crippen LogP contribution in [0.4, 0.5) is 0 Å². The van der Waals surface area contributed by atoms with E-state index in [0.717, 1.165) is 11.4 Å². The second kappa shape index (κ2) is 7.72. The molecule has 2 aromatic heterocycles. The molecule has 0 unspecified atom stereocenters. The van der Waals surface area contributed by atoms with Crippen molar-refractivity contribution in [2.75, 3.05) is 20.8 Å². The molecule has 0 radical (unpaired) electrons. The molecule has 6 nitrogen and oxygen atoms in total. The maximum Gasteiger partial charge on any atom is 0.254 e. The maximum absolute atomic E-state index is 12.9. The van der Waals surface area contributed by atoms with Gasteiger partial charge in [-0.15, -0.1) is 0 Å². The van der Waals surface area contributed by atoms with Gasteiger partial charge < -0.3 is 14.2 Å². The molecule has 0 N–H and O–H groups in total. The average Bonchev–Trinajstić information content (AvgIpc) is 3.20. The van der Waals surface area contributed by atoms with Gasteiger partial charge in [0, 0.05) is 44.0 Å². The van der Waals surface area contributed by atoms with Crippen LogP contribution in [-0.2, 0) is 4.74 Å². The van der Waals surface area contributed by atoms with E-state index < -0.39 is 0 Å². The third-order valence-corrected chi connectivity index (χ3v) is 4.06. The maximum atomic E-state index is 12.9. The number of methoxy groups -OCH3 is 1. The first-order chi connectivity index (χ1) is 12.2. The normalized spacial score (nSPS) is 11.9. The monoisotopic (exact) mass is 336 g/mol.